The number of nitrogens with zero attached hydrogens (tertiary/aromatic N) is 1. The highest BCUT2D eigenvalue weighted by Crippen LogP contribution is 2.23. The van der Waals surface area contributed by atoms with Gasteiger partial charge in [-0.05, 0) is 18.9 Å². The lowest BCUT2D eigenvalue weighted by Gasteiger charge is -2.04. The Morgan fingerprint density at radius 2 is 2.33 bits per heavy atom. The van der Waals surface area contributed by atoms with Crippen molar-refractivity contribution in [3.05, 3.63) is 27.5 Å². The lowest BCUT2D eigenvalue weighted by atomic mass is 10.1. The van der Waals surface area contributed by atoms with Crippen LogP contribution in [0.3, 0.4) is 0 Å². The van der Waals surface area contributed by atoms with Crippen molar-refractivity contribution in [2.24, 2.45) is 0 Å². The Kier molecular flexibility index (Phi) is 4.02. The van der Waals surface area contributed by atoms with E-state index in [0.717, 1.165) is 22.9 Å². The maximum absolute atomic E-state index is 5.92. The van der Waals surface area contributed by atoms with Crippen molar-refractivity contribution < 1.29 is 0 Å². The quantitative estimate of drug-likeness (QED) is 0.741. The number of hydrogen-bond acceptors (Lipinski definition) is 1. The fourth-order valence-corrected chi connectivity index (χ4v) is 1.89. The Morgan fingerprint density at radius 1 is 1.58 bits per heavy atom. The number of pyridine rings is 1. The van der Waals surface area contributed by atoms with Crippen molar-refractivity contribution in [3.63, 3.8) is 0 Å². The van der Waals surface area contributed by atoms with Crippen LogP contribution in [-0.4, -0.2) is 4.98 Å². The van der Waals surface area contributed by atoms with E-state index in [2.05, 4.69) is 27.8 Å². The van der Waals surface area contributed by atoms with Crippen LogP contribution in [0.4, 0.5) is 0 Å². The SMILES string of the molecule is CCCCc1c(Br)ccnc1Cl. The zero-order chi connectivity index (χ0) is 8.97. The molecule has 1 heterocycles. The molecule has 1 aromatic heterocycles. The first-order valence-electron chi connectivity index (χ1n) is 4.04. The fourth-order valence-electron chi connectivity index (χ4n) is 1.02. The van der Waals surface area contributed by atoms with Crippen molar-refractivity contribution >= 4 is 27.5 Å². The van der Waals surface area contributed by atoms with Crippen LogP contribution < -0.4 is 0 Å². The summed E-state index contributed by atoms with van der Waals surface area (Å²) in [4.78, 5) is 4.03. The lowest BCUT2D eigenvalue weighted by molar-refractivity contribution is 0.790. The first-order chi connectivity index (χ1) is 5.75. The summed E-state index contributed by atoms with van der Waals surface area (Å²) in [5.74, 6) is 0. The molecule has 1 nitrogen and oxygen atoms in total. The molecule has 0 aliphatic carbocycles. The number of halogens is 2. The second-order valence-corrected chi connectivity index (χ2v) is 3.88. The molecule has 0 unspecified atom stereocenters. The molecule has 0 N–H and O–H groups in total. The standard InChI is InChI=1S/C9H11BrClN/c1-2-3-4-7-8(10)5-6-12-9(7)11/h5-6H,2-4H2,1H3. The van der Waals surface area contributed by atoms with Crippen LogP contribution in [-0.2, 0) is 6.42 Å². The highest BCUT2D eigenvalue weighted by atomic mass is 79.9. The van der Waals surface area contributed by atoms with Gasteiger partial charge in [0.05, 0.1) is 0 Å². The van der Waals surface area contributed by atoms with Gasteiger partial charge in [0.1, 0.15) is 5.15 Å². The third kappa shape index (κ3) is 2.46. The molecule has 0 radical (unpaired) electrons. The van der Waals surface area contributed by atoms with E-state index in [1.165, 1.54) is 6.42 Å². The van der Waals surface area contributed by atoms with Gasteiger partial charge < -0.3 is 0 Å². The van der Waals surface area contributed by atoms with E-state index in [1.54, 1.807) is 6.20 Å². The summed E-state index contributed by atoms with van der Waals surface area (Å²) >= 11 is 9.38. The number of unbranched alkanes of at least 4 members (excludes halogenated alkanes) is 1. The zero-order valence-corrected chi connectivity index (χ0v) is 9.32. The van der Waals surface area contributed by atoms with E-state index < -0.39 is 0 Å². The molecule has 1 aromatic rings. The third-order valence-corrected chi connectivity index (χ3v) is 2.80. The smallest absolute Gasteiger partial charge is 0.133 e. The van der Waals surface area contributed by atoms with Crippen molar-refractivity contribution in [1.29, 1.82) is 0 Å². The Labute approximate surface area is 86.3 Å². The second kappa shape index (κ2) is 4.83. The summed E-state index contributed by atoms with van der Waals surface area (Å²) in [6.45, 7) is 2.16. The number of aromatic nitrogens is 1. The van der Waals surface area contributed by atoms with E-state index in [9.17, 15) is 0 Å². The zero-order valence-electron chi connectivity index (χ0n) is 6.98. The Balaban J connectivity index is 2.81. The van der Waals surface area contributed by atoms with Crippen LogP contribution in [0.2, 0.25) is 5.15 Å². The molecule has 12 heavy (non-hydrogen) atoms. The van der Waals surface area contributed by atoms with Crippen LogP contribution in [0.5, 0.6) is 0 Å². The van der Waals surface area contributed by atoms with Crippen LogP contribution in [0.15, 0.2) is 16.7 Å². The predicted octanol–water partition coefficient (Wildman–Crippen LogP) is 3.84. The molecule has 0 aliphatic rings. The van der Waals surface area contributed by atoms with E-state index in [4.69, 9.17) is 11.6 Å². The fraction of sp³-hybridized carbons (Fsp3) is 0.444. The molecule has 3 heteroatoms. The summed E-state index contributed by atoms with van der Waals surface area (Å²) in [7, 11) is 0. The normalized spacial score (nSPS) is 10.2. The summed E-state index contributed by atoms with van der Waals surface area (Å²) < 4.78 is 1.07. The average molecular weight is 249 g/mol. The molecule has 0 bridgehead atoms. The van der Waals surface area contributed by atoms with Crippen LogP contribution >= 0.6 is 27.5 Å². The van der Waals surface area contributed by atoms with Gasteiger partial charge in [-0.1, -0.05) is 40.9 Å². The molecule has 0 saturated carbocycles. The van der Waals surface area contributed by atoms with Crippen LogP contribution in [0.1, 0.15) is 25.3 Å². The molecule has 66 valence electrons. The van der Waals surface area contributed by atoms with Crippen molar-refractivity contribution in [3.8, 4) is 0 Å². The predicted molar refractivity (Wildman–Crippen MR) is 55.6 cm³/mol. The largest absolute Gasteiger partial charge is 0.244 e. The Hall–Kier alpha value is -0.0800. The van der Waals surface area contributed by atoms with Gasteiger partial charge in [0.2, 0.25) is 0 Å². The average Bonchev–Trinajstić information content (AvgIpc) is 2.04. The molecular weight excluding hydrogens is 237 g/mol. The minimum absolute atomic E-state index is 0.623. The maximum atomic E-state index is 5.92. The first kappa shape index (κ1) is 10.0. The molecule has 0 aliphatic heterocycles. The molecule has 0 amide bonds. The molecule has 0 fully saturated rings. The lowest BCUT2D eigenvalue weighted by Crippen LogP contribution is -1.90. The summed E-state index contributed by atoms with van der Waals surface area (Å²) in [6.07, 6.45) is 5.05. The summed E-state index contributed by atoms with van der Waals surface area (Å²) in [6, 6.07) is 1.93. The molecule has 0 aromatic carbocycles. The first-order valence-corrected chi connectivity index (χ1v) is 5.21. The number of hydrogen-bond donors (Lipinski definition) is 0. The van der Waals surface area contributed by atoms with Crippen LogP contribution in [0.25, 0.3) is 0 Å². The maximum Gasteiger partial charge on any atom is 0.133 e. The molecule has 0 saturated heterocycles. The van der Waals surface area contributed by atoms with Gasteiger partial charge in [0.25, 0.3) is 0 Å². The Bertz CT molecular complexity index is 242. The third-order valence-electron chi connectivity index (χ3n) is 1.73. The van der Waals surface area contributed by atoms with Gasteiger partial charge >= 0.3 is 0 Å². The number of rotatable bonds is 3. The summed E-state index contributed by atoms with van der Waals surface area (Å²) in [5.41, 5.74) is 1.13. The van der Waals surface area contributed by atoms with Gasteiger partial charge in [0.15, 0.2) is 0 Å². The van der Waals surface area contributed by atoms with Gasteiger partial charge in [0, 0.05) is 16.2 Å². The van der Waals surface area contributed by atoms with Gasteiger partial charge in [-0.15, -0.1) is 0 Å². The topological polar surface area (TPSA) is 12.9 Å². The van der Waals surface area contributed by atoms with Crippen molar-refractivity contribution in [2.75, 3.05) is 0 Å². The molecular formula is C9H11BrClN. The monoisotopic (exact) mass is 247 g/mol. The highest BCUT2D eigenvalue weighted by molar-refractivity contribution is 9.10. The van der Waals surface area contributed by atoms with Gasteiger partial charge in [-0.25, -0.2) is 4.98 Å². The van der Waals surface area contributed by atoms with Crippen molar-refractivity contribution in [2.45, 2.75) is 26.2 Å². The van der Waals surface area contributed by atoms with Gasteiger partial charge in [-0.3, -0.25) is 0 Å². The van der Waals surface area contributed by atoms with E-state index in [0.29, 0.717) is 5.15 Å². The van der Waals surface area contributed by atoms with Crippen molar-refractivity contribution in [1.82, 2.24) is 4.98 Å². The Morgan fingerprint density at radius 3 is 2.92 bits per heavy atom. The molecule has 0 atom stereocenters. The highest BCUT2D eigenvalue weighted by Gasteiger charge is 2.04. The molecule has 0 spiro atoms. The minimum Gasteiger partial charge on any atom is -0.244 e. The van der Waals surface area contributed by atoms with E-state index >= 15 is 0 Å². The van der Waals surface area contributed by atoms with Gasteiger partial charge in [-0.2, -0.15) is 0 Å². The van der Waals surface area contributed by atoms with E-state index in [1.807, 2.05) is 6.07 Å². The van der Waals surface area contributed by atoms with Crippen LogP contribution in [0, 0.1) is 0 Å². The summed E-state index contributed by atoms with van der Waals surface area (Å²) in [5, 5.41) is 0.623. The minimum atomic E-state index is 0.623. The second-order valence-electron chi connectivity index (χ2n) is 2.67. The van der Waals surface area contributed by atoms with E-state index in [-0.39, 0.29) is 0 Å². The molecule has 1 rings (SSSR count).